The third kappa shape index (κ3) is 3.89. The van der Waals surface area contributed by atoms with E-state index >= 15 is 0 Å². The number of H-pyrrole nitrogens is 1. The van der Waals surface area contributed by atoms with Crippen molar-refractivity contribution in [1.82, 2.24) is 15.3 Å². The number of anilines is 1. The van der Waals surface area contributed by atoms with E-state index in [1.165, 1.54) is 11.8 Å². The van der Waals surface area contributed by atoms with E-state index in [2.05, 4.69) is 22.2 Å². The number of carbonyl (C=O) groups excluding carboxylic acids is 1. The highest BCUT2D eigenvalue weighted by atomic mass is 32.2. The van der Waals surface area contributed by atoms with Crippen LogP contribution in [0.1, 0.15) is 19.8 Å². The Morgan fingerprint density at radius 3 is 3.16 bits per heavy atom. The Balaban J connectivity index is 1.89. The van der Waals surface area contributed by atoms with Crippen molar-refractivity contribution in [1.29, 1.82) is 0 Å². The van der Waals surface area contributed by atoms with Gasteiger partial charge in [0.2, 0.25) is 5.91 Å². The van der Waals surface area contributed by atoms with Gasteiger partial charge in [0.15, 0.2) is 5.16 Å². The molecule has 19 heavy (non-hydrogen) atoms. The number of thioether (sulfide) groups is 1. The zero-order valence-electron chi connectivity index (χ0n) is 10.9. The number of nitrogen functional groups attached to an aromatic ring is 1. The molecule has 1 heterocycles. The van der Waals surface area contributed by atoms with Gasteiger partial charge >= 0.3 is 0 Å². The van der Waals surface area contributed by atoms with E-state index in [1.807, 2.05) is 18.2 Å². The fraction of sp³-hybridized carbons (Fsp3) is 0.385. The molecule has 0 saturated heterocycles. The molecule has 0 spiro atoms. The van der Waals surface area contributed by atoms with Crippen molar-refractivity contribution in [3.8, 4) is 0 Å². The van der Waals surface area contributed by atoms with Gasteiger partial charge in [0.05, 0.1) is 16.8 Å². The maximum atomic E-state index is 11.6. The zero-order chi connectivity index (χ0) is 13.7. The molecule has 0 radical (unpaired) electrons. The van der Waals surface area contributed by atoms with Gasteiger partial charge in [-0.1, -0.05) is 25.1 Å². The number of hydrogen-bond donors (Lipinski definition) is 3. The zero-order valence-corrected chi connectivity index (χ0v) is 11.7. The van der Waals surface area contributed by atoms with E-state index in [-0.39, 0.29) is 5.91 Å². The Hall–Kier alpha value is -1.69. The summed E-state index contributed by atoms with van der Waals surface area (Å²) in [5.74, 6) is 0.414. The SMILES string of the molecule is CCCCNC(=O)CSc1nc2ccc(N)cc2[nH]1. The van der Waals surface area contributed by atoms with Crippen molar-refractivity contribution in [2.24, 2.45) is 0 Å². The molecule has 2 aromatic rings. The van der Waals surface area contributed by atoms with Crippen LogP contribution in [0.5, 0.6) is 0 Å². The van der Waals surface area contributed by atoms with Crippen LogP contribution in [0.2, 0.25) is 0 Å². The molecular weight excluding hydrogens is 260 g/mol. The van der Waals surface area contributed by atoms with Crippen LogP contribution in [0.15, 0.2) is 23.4 Å². The molecule has 0 aliphatic carbocycles. The van der Waals surface area contributed by atoms with Crippen molar-refractivity contribution >= 4 is 34.4 Å². The summed E-state index contributed by atoms with van der Waals surface area (Å²) in [7, 11) is 0. The molecule has 0 fully saturated rings. The molecule has 0 saturated carbocycles. The lowest BCUT2D eigenvalue weighted by Gasteiger charge is -2.02. The molecule has 0 unspecified atom stereocenters. The summed E-state index contributed by atoms with van der Waals surface area (Å²) in [4.78, 5) is 19.1. The van der Waals surface area contributed by atoms with Crippen LogP contribution in [0, 0.1) is 0 Å². The molecule has 6 heteroatoms. The molecule has 0 aliphatic rings. The van der Waals surface area contributed by atoms with E-state index in [4.69, 9.17) is 5.73 Å². The first-order valence-electron chi connectivity index (χ1n) is 6.34. The fourth-order valence-corrected chi connectivity index (χ4v) is 2.38. The van der Waals surface area contributed by atoms with Crippen molar-refractivity contribution in [2.75, 3.05) is 18.0 Å². The number of benzene rings is 1. The molecule has 0 bridgehead atoms. The summed E-state index contributed by atoms with van der Waals surface area (Å²) in [6.45, 7) is 2.84. The number of amides is 1. The maximum Gasteiger partial charge on any atom is 0.230 e. The number of aromatic nitrogens is 2. The number of carbonyl (C=O) groups is 1. The van der Waals surface area contributed by atoms with Gasteiger partial charge in [0.1, 0.15) is 0 Å². The number of nitrogens with two attached hydrogens (primary N) is 1. The van der Waals surface area contributed by atoms with Gasteiger partial charge in [-0.2, -0.15) is 0 Å². The van der Waals surface area contributed by atoms with Crippen molar-refractivity contribution < 1.29 is 4.79 Å². The highest BCUT2D eigenvalue weighted by Gasteiger charge is 2.06. The van der Waals surface area contributed by atoms with Crippen LogP contribution in [0.25, 0.3) is 11.0 Å². The number of imidazole rings is 1. The van der Waals surface area contributed by atoms with Gasteiger partial charge in [0.25, 0.3) is 0 Å². The second-order valence-electron chi connectivity index (χ2n) is 4.31. The second kappa shape index (κ2) is 6.47. The first-order chi connectivity index (χ1) is 9.19. The maximum absolute atomic E-state index is 11.6. The summed E-state index contributed by atoms with van der Waals surface area (Å²) >= 11 is 1.40. The number of aromatic amines is 1. The number of fused-ring (bicyclic) bond motifs is 1. The molecule has 1 amide bonds. The minimum atomic E-state index is 0.0402. The number of unbranched alkanes of at least 4 members (excludes halogenated alkanes) is 1. The average molecular weight is 278 g/mol. The largest absolute Gasteiger partial charge is 0.399 e. The summed E-state index contributed by atoms with van der Waals surface area (Å²) in [6.07, 6.45) is 2.10. The molecule has 1 aromatic heterocycles. The quantitative estimate of drug-likeness (QED) is 0.429. The van der Waals surface area contributed by atoms with Crippen LogP contribution in [-0.2, 0) is 4.79 Å². The van der Waals surface area contributed by atoms with E-state index in [1.54, 1.807) is 0 Å². The van der Waals surface area contributed by atoms with Gasteiger partial charge in [-0.05, 0) is 24.6 Å². The van der Waals surface area contributed by atoms with Crippen LogP contribution in [0.3, 0.4) is 0 Å². The van der Waals surface area contributed by atoms with Gasteiger partial charge in [-0.25, -0.2) is 4.98 Å². The number of nitrogens with zero attached hydrogens (tertiary/aromatic N) is 1. The third-order valence-electron chi connectivity index (χ3n) is 2.68. The lowest BCUT2D eigenvalue weighted by molar-refractivity contribution is -0.118. The summed E-state index contributed by atoms with van der Waals surface area (Å²) in [5.41, 5.74) is 8.16. The predicted octanol–water partition coefficient (Wildman–Crippen LogP) is 2.15. The smallest absolute Gasteiger partial charge is 0.230 e. The van der Waals surface area contributed by atoms with Gasteiger partial charge in [-0.15, -0.1) is 0 Å². The number of nitrogens with one attached hydrogen (secondary N) is 2. The molecule has 4 N–H and O–H groups in total. The lowest BCUT2D eigenvalue weighted by atomic mass is 10.3. The summed E-state index contributed by atoms with van der Waals surface area (Å²) in [5, 5.41) is 3.62. The average Bonchev–Trinajstić information content (AvgIpc) is 2.78. The third-order valence-corrected chi connectivity index (χ3v) is 3.55. The minimum absolute atomic E-state index is 0.0402. The Labute approximate surface area is 116 Å². The lowest BCUT2D eigenvalue weighted by Crippen LogP contribution is -2.26. The van der Waals surface area contributed by atoms with Crippen LogP contribution in [-0.4, -0.2) is 28.2 Å². The van der Waals surface area contributed by atoms with E-state index in [0.717, 1.165) is 35.6 Å². The first kappa shape index (κ1) is 13.7. The summed E-state index contributed by atoms with van der Waals surface area (Å²) in [6, 6.07) is 5.52. The Bertz CT molecular complexity index is 567. The Morgan fingerprint density at radius 2 is 2.37 bits per heavy atom. The molecule has 102 valence electrons. The van der Waals surface area contributed by atoms with Crippen LogP contribution >= 0.6 is 11.8 Å². The monoisotopic (exact) mass is 278 g/mol. The minimum Gasteiger partial charge on any atom is -0.399 e. The van der Waals surface area contributed by atoms with Crippen molar-refractivity contribution in [2.45, 2.75) is 24.9 Å². The van der Waals surface area contributed by atoms with Crippen LogP contribution in [0.4, 0.5) is 5.69 Å². The van der Waals surface area contributed by atoms with Crippen LogP contribution < -0.4 is 11.1 Å². The van der Waals surface area contributed by atoms with E-state index in [0.29, 0.717) is 11.4 Å². The predicted molar refractivity (Wildman–Crippen MR) is 79.1 cm³/mol. The highest BCUT2D eigenvalue weighted by Crippen LogP contribution is 2.20. The van der Waals surface area contributed by atoms with Crippen molar-refractivity contribution in [3.63, 3.8) is 0 Å². The van der Waals surface area contributed by atoms with Crippen molar-refractivity contribution in [3.05, 3.63) is 18.2 Å². The normalized spacial score (nSPS) is 10.8. The van der Waals surface area contributed by atoms with Gasteiger partial charge in [0, 0.05) is 12.2 Å². The second-order valence-corrected chi connectivity index (χ2v) is 5.27. The number of hydrogen-bond acceptors (Lipinski definition) is 4. The number of rotatable bonds is 6. The first-order valence-corrected chi connectivity index (χ1v) is 7.32. The highest BCUT2D eigenvalue weighted by molar-refractivity contribution is 7.99. The Morgan fingerprint density at radius 1 is 1.53 bits per heavy atom. The summed E-state index contributed by atoms with van der Waals surface area (Å²) < 4.78 is 0. The topological polar surface area (TPSA) is 83.8 Å². The molecule has 2 rings (SSSR count). The fourth-order valence-electron chi connectivity index (χ4n) is 1.66. The van der Waals surface area contributed by atoms with E-state index in [9.17, 15) is 4.79 Å². The molecule has 1 aromatic carbocycles. The molecular formula is C13H18N4OS. The van der Waals surface area contributed by atoms with Gasteiger partial charge in [-0.3, -0.25) is 4.79 Å². The Kier molecular flexibility index (Phi) is 4.68. The standard InChI is InChI=1S/C13H18N4OS/c1-2-3-6-15-12(18)8-19-13-16-10-5-4-9(14)7-11(10)17-13/h4-5,7H,2-3,6,8,14H2,1H3,(H,15,18)(H,16,17). The molecule has 0 atom stereocenters. The molecule has 0 aliphatic heterocycles. The van der Waals surface area contributed by atoms with Gasteiger partial charge < -0.3 is 16.0 Å². The van der Waals surface area contributed by atoms with E-state index < -0.39 is 0 Å². The molecule has 5 nitrogen and oxygen atoms in total.